The molecule has 1 aliphatic carbocycles. The van der Waals surface area contributed by atoms with Crippen LogP contribution in [0.5, 0.6) is 0 Å². The summed E-state index contributed by atoms with van der Waals surface area (Å²) in [7, 11) is 1.27. The number of benzene rings is 1. The fourth-order valence-electron chi connectivity index (χ4n) is 2.82. The first-order valence-corrected chi connectivity index (χ1v) is 8.32. The van der Waals surface area contributed by atoms with E-state index in [2.05, 4.69) is 5.32 Å². The Labute approximate surface area is 141 Å². The number of carbonyl (C=O) groups is 2. The van der Waals surface area contributed by atoms with E-state index in [9.17, 15) is 18.4 Å². The lowest BCUT2D eigenvalue weighted by Crippen LogP contribution is -2.16. The smallest absolute Gasteiger partial charge is 0.341 e. The Bertz CT molecular complexity index is 816. The lowest BCUT2D eigenvalue weighted by Gasteiger charge is -2.11. The summed E-state index contributed by atoms with van der Waals surface area (Å²) in [5.41, 5.74) is 0.799. The van der Waals surface area contributed by atoms with Crippen LogP contribution in [-0.4, -0.2) is 19.0 Å². The van der Waals surface area contributed by atoms with Crippen molar-refractivity contribution in [3.8, 4) is 0 Å². The SMILES string of the molecule is COC(=O)c1c(NC(=O)c2cccc(F)c2F)sc2c1CCCC2. The second-order valence-electron chi connectivity index (χ2n) is 5.46. The molecular formula is C17H15F2NO3S. The molecule has 0 saturated carbocycles. The highest BCUT2D eigenvalue weighted by atomic mass is 32.1. The summed E-state index contributed by atoms with van der Waals surface area (Å²) in [5.74, 6) is -3.64. The fourth-order valence-corrected chi connectivity index (χ4v) is 4.09. The molecule has 0 fully saturated rings. The van der Waals surface area contributed by atoms with Crippen molar-refractivity contribution in [2.24, 2.45) is 0 Å². The Morgan fingerprint density at radius 2 is 1.96 bits per heavy atom. The van der Waals surface area contributed by atoms with Crippen LogP contribution in [0.1, 0.15) is 44.0 Å². The molecule has 0 bridgehead atoms. The van der Waals surface area contributed by atoms with E-state index in [4.69, 9.17) is 4.74 Å². The molecule has 3 rings (SSSR count). The van der Waals surface area contributed by atoms with E-state index in [1.54, 1.807) is 0 Å². The van der Waals surface area contributed by atoms with Crippen LogP contribution in [0.15, 0.2) is 18.2 Å². The summed E-state index contributed by atoms with van der Waals surface area (Å²) in [6, 6.07) is 3.39. The molecule has 7 heteroatoms. The zero-order valence-electron chi connectivity index (χ0n) is 12.9. The lowest BCUT2D eigenvalue weighted by atomic mass is 9.95. The number of ether oxygens (including phenoxy) is 1. The van der Waals surface area contributed by atoms with Gasteiger partial charge < -0.3 is 10.1 Å². The third kappa shape index (κ3) is 2.91. The van der Waals surface area contributed by atoms with Crippen molar-refractivity contribution < 1.29 is 23.1 Å². The predicted molar refractivity (Wildman–Crippen MR) is 86.6 cm³/mol. The highest BCUT2D eigenvalue weighted by Gasteiger charge is 2.27. The largest absolute Gasteiger partial charge is 0.465 e. The zero-order valence-corrected chi connectivity index (χ0v) is 13.8. The van der Waals surface area contributed by atoms with Crippen molar-refractivity contribution in [1.29, 1.82) is 0 Å². The topological polar surface area (TPSA) is 55.4 Å². The molecule has 0 unspecified atom stereocenters. The number of halogens is 2. The van der Waals surface area contributed by atoms with Crippen molar-refractivity contribution in [2.75, 3.05) is 12.4 Å². The first-order chi connectivity index (χ1) is 11.5. The maximum absolute atomic E-state index is 13.8. The van der Waals surface area contributed by atoms with Crippen LogP contribution in [-0.2, 0) is 17.6 Å². The van der Waals surface area contributed by atoms with Crippen LogP contribution in [0.4, 0.5) is 13.8 Å². The molecule has 1 aromatic heterocycles. The number of carbonyl (C=O) groups excluding carboxylic acids is 2. The molecule has 0 spiro atoms. The zero-order chi connectivity index (χ0) is 17.3. The van der Waals surface area contributed by atoms with Gasteiger partial charge in [-0.2, -0.15) is 0 Å². The minimum absolute atomic E-state index is 0.322. The number of hydrogen-bond donors (Lipinski definition) is 1. The quantitative estimate of drug-likeness (QED) is 0.852. The van der Waals surface area contributed by atoms with E-state index < -0.39 is 29.1 Å². The molecule has 1 heterocycles. The fraction of sp³-hybridized carbons (Fsp3) is 0.294. The van der Waals surface area contributed by atoms with Crippen molar-refractivity contribution in [2.45, 2.75) is 25.7 Å². The summed E-state index contributed by atoms with van der Waals surface area (Å²) < 4.78 is 31.9. The first-order valence-electron chi connectivity index (χ1n) is 7.51. The number of methoxy groups -OCH3 is 1. The normalized spacial score (nSPS) is 13.3. The lowest BCUT2D eigenvalue weighted by molar-refractivity contribution is 0.0601. The van der Waals surface area contributed by atoms with Crippen LogP contribution in [0, 0.1) is 11.6 Å². The Morgan fingerprint density at radius 3 is 2.71 bits per heavy atom. The van der Waals surface area contributed by atoms with Crippen LogP contribution in [0.3, 0.4) is 0 Å². The van der Waals surface area contributed by atoms with Gasteiger partial charge in [0.15, 0.2) is 11.6 Å². The molecule has 0 saturated heterocycles. The van der Waals surface area contributed by atoms with Crippen LogP contribution in [0.2, 0.25) is 0 Å². The van der Waals surface area contributed by atoms with Crippen molar-refractivity contribution in [3.63, 3.8) is 0 Å². The molecule has 0 radical (unpaired) electrons. The number of hydrogen-bond acceptors (Lipinski definition) is 4. The number of amides is 1. The number of esters is 1. The maximum Gasteiger partial charge on any atom is 0.341 e. The van der Waals surface area contributed by atoms with Gasteiger partial charge in [-0.3, -0.25) is 4.79 Å². The summed E-state index contributed by atoms with van der Waals surface area (Å²) in [5, 5.41) is 2.86. The third-order valence-corrected chi connectivity index (χ3v) is 5.19. The Hall–Kier alpha value is -2.28. The number of nitrogens with one attached hydrogen (secondary N) is 1. The van der Waals surface area contributed by atoms with Crippen LogP contribution in [0.25, 0.3) is 0 Å². The predicted octanol–water partition coefficient (Wildman–Crippen LogP) is 3.94. The highest BCUT2D eigenvalue weighted by Crippen LogP contribution is 2.38. The minimum atomic E-state index is -1.21. The van der Waals surface area contributed by atoms with Gasteiger partial charge in [0.05, 0.1) is 18.2 Å². The Morgan fingerprint density at radius 1 is 1.21 bits per heavy atom. The van der Waals surface area contributed by atoms with E-state index in [1.807, 2.05) is 0 Å². The van der Waals surface area contributed by atoms with Crippen LogP contribution >= 0.6 is 11.3 Å². The van der Waals surface area contributed by atoms with E-state index >= 15 is 0 Å². The first kappa shape index (κ1) is 16.6. The van der Waals surface area contributed by atoms with Gasteiger partial charge in [-0.15, -0.1) is 11.3 Å². The molecule has 0 atom stereocenters. The number of anilines is 1. The maximum atomic E-state index is 13.8. The van der Waals surface area contributed by atoms with Crippen LogP contribution < -0.4 is 5.32 Å². The molecule has 1 amide bonds. The summed E-state index contributed by atoms with van der Waals surface area (Å²) in [4.78, 5) is 25.4. The average Bonchev–Trinajstić information content (AvgIpc) is 2.94. The van der Waals surface area contributed by atoms with Gasteiger partial charge in [-0.25, -0.2) is 13.6 Å². The highest BCUT2D eigenvalue weighted by molar-refractivity contribution is 7.17. The van der Waals surface area contributed by atoms with Crippen molar-refractivity contribution >= 4 is 28.2 Å². The number of fused-ring (bicyclic) bond motifs is 1. The van der Waals surface area contributed by atoms with E-state index in [1.165, 1.54) is 30.6 Å². The van der Waals surface area contributed by atoms with Gasteiger partial charge in [0.25, 0.3) is 5.91 Å². The minimum Gasteiger partial charge on any atom is -0.465 e. The molecule has 24 heavy (non-hydrogen) atoms. The van der Waals surface area contributed by atoms with Gasteiger partial charge in [-0.05, 0) is 43.4 Å². The van der Waals surface area contributed by atoms with Gasteiger partial charge >= 0.3 is 5.97 Å². The standard InChI is InChI=1S/C17H15F2NO3S/c1-23-17(22)13-9-5-2-3-8-12(9)24-16(13)20-15(21)10-6-4-7-11(18)14(10)19/h4,6-7H,2-3,5,8H2,1H3,(H,20,21). The molecule has 4 nitrogen and oxygen atoms in total. The number of rotatable bonds is 3. The van der Waals surface area contributed by atoms with E-state index in [0.717, 1.165) is 42.2 Å². The second-order valence-corrected chi connectivity index (χ2v) is 6.57. The summed E-state index contributed by atoms with van der Waals surface area (Å²) in [6.45, 7) is 0. The third-order valence-electron chi connectivity index (χ3n) is 3.98. The summed E-state index contributed by atoms with van der Waals surface area (Å²) >= 11 is 1.29. The molecule has 2 aromatic rings. The van der Waals surface area contributed by atoms with E-state index in [0.29, 0.717) is 10.6 Å². The molecule has 1 aromatic carbocycles. The summed E-state index contributed by atoms with van der Waals surface area (Å²) in [6.07, 6.45) is 3.54. The van der Waals surface area contributed by atoms with Gasteiger partial charge in [0, 0.05) is 4.88 Å². The van der Waals surface area contributed by atoms with Gasteiger partial charge in [0.2, 0.25) is 0 Å². The average molecular weight is 351 g/mol. The van der Waals surface area contributed by atoms with Crippen molar-refractivity contribution in [3.05, 3.63) is 51.4 Å². The second kappa shape index (κ2) is 6.68. The van der Waals surface area contributed by atoms with Gasteiger partial charge in [-0.1, -0.05) is 6.07 Å². The van der Waals surface area contributed by atoms with Gasteiger partial charge in [0.1, 0.15) is 5.00 Å². The monoisotopic (exact) mass is 351 g/mol. The number of thiophene rings is 1. The molecule has 0 aliphatic heterocycles. The molecular weight excluding hydrogens is 336 g/mol. The molecule has 1 N–H and O–H groups in total. The van der Waals surface area contributed by atoms with Crippen molar-refractivity contribution in [1.82, 2.24) is 0 Å². The number of aryl methyl sites for hydroxylation is 1. The molecule has 1 aliphatic rings. The van der Waals surface area contributed by atoms with E-state index in [-0.39, 0.29) is 0 Å². The molecule has 126 valence electrons. The Balaban J connectivity index is 1.97. The Kier molecular flexibility index (Phi) is 4.62.